The molecule has 1 aliphatic rings. The molecule has 0 saturated carbocycles. The van der Waals surface area contributed by atoms with E-state index >= 15 is 0 Å². The highest BCUT2D eigenvalue weighted by atomic mass is 16.5. The standard InChI is InChI=1S/C15H19NO3/c1-3-7-11(19-4-2)10-16-14(17)12-8-5-6-9-13(12)15(16)18/h5-6,8-9,11H,3-4,7,10H2,1-2H3. The van der Waals surface area contributed by atoms with Gasteiger partial charge >= 0.3 is 0 Å². The molecule has 0 bridgehead atoms. The van der Waals surface area contributed by atoms with Gasteiger partial charge in [-0.3, -0.25) is 14.5 Å². The number of hydrogen-bond donors (Lipinski definition) is 0. The SMILES string of the molecule is CCCC(CN1C(=O)c2ccccc2C1=O)OCC. The van der Waals surface area contributed by atoms with Gasteiger partial charge in [0, 0.05) is 6.61 Å². The van der Waals surface area contributed by atoms with Crippen LogP contribution in [-0.2, 0) is 4.74 Å². The lowest BCUT2D eigenvalue weighted by Gasteiger charge is -2.22. The number of hydrogen-bond acceptors (Lipinski definition) is 3. The Morgan fingerprint density at radius 3 is 2.16 bits per heavy atom. The van der Waals surface area contributed by atoms with E-state index in [1.165, 1.54) is 4.90 Å². The molecule has 2 amide bonds. The Morgan fingerprint density at radius 1 is 1.11 bits per heavy atom. The van der Waals surface area contributed by atoms with E-state index in [0.717, 1.165) is 12.8 Å². The van der Waals surface area contributed by atoms with Gasteiger partial charge in [0.05, 0.1) is 23.8 Å². The first-order valence-corrected chi connectivity index (χ1v) is 6.75. The monoisotopic (exact) mass is 261 g/mol. The summed E-state index contributed by atoms with van der Waals surface area (Å²) >= 11 is 0. The Hall–Kier alpha value is -1.68. The second-order valence-electron chi connectivity index (χ2n) is 4.63. The Morgan fingerprint density at radius 2 is 1.68 bits per heavy atom. The summed E-state index contributed by atoms with van der Waals surface area (Å²) in [5, 5.41) is 0. The van der Waals surface area contributed by atoms with Gasteiger partial charge in [-0.1, -0.05) is 25.5 Å². The second-order valence-corrected chi connectivity index (χ2v) is 4.63. The summed E-state index contributed by atoms with van der Waals surface area (Å²) in [5.74, 6) is -0.414. The van der Waals surface area contributed by atoms with Gasteiger partial charge in [0.2, 0.25) is 0 Å². The molecule has 1 atom stereocenters. The van der Waals surface area contributed by atoms with Crippen molar-refractivity contribution < 1.29 is 14.3 Å². The normalized spacial score (nSPS) is 15.8. The van der Waals surface area contributed by atoms with Crippen LogP contribution in [0.1, 0.15) is 47.4 Å². The van der Waals surface area contributed by atoms with Crippen LogP contribution in [0.3, 0.4) is 0 Å². The van der Waals surface area contributed by atoms with Gasteiger partial charge < -0.3 is 4.74 Å². The zero-order valence-corrected chi connectivity index (χ0v) is 11.4. The quantitative estimate of drug-likeness (QED) is 0.739. The molecule has 2 rings (SSSR count). The van der Waals surface area contributed by atoms with Crippen molar-refractivity contribution >= 4 is 11.8 Å². The molecule has 4 heteroatoms. The number of benzene rings is 1. The first kappa shape index (κ1) is 13.7. The van der Waals surface area contributed by atoms with Crippen molar-refractivity contribution in [3.63, 3.8) is 0 Å². The highest BCUT2D eigenvalue weighted by Gasteiger charge is 2.36. The summed E-state index contributed by atoms with van der Waals surface area (Å²) in [5.41, 5.74) is 0.999. The maximum Gasteiger partial charge on any atom is 0.261 e. The Labute approximate surface area is 113 Å². The molecule has 4 nitrogen and oxygen atoms in total. The molecular formula is C15H19NO3. The molecule has 0 aliphatic carbocycles. The third kappa shape index (κ3) is 2.68. The number of amides is 2. The molecule has 1 aromatic carbocycles. The van der Waals surface area contributed by atoms with Crippen LogP contribution in [0.4, 0.5) is 0 Å². The van der Waals surface area contributed by atoms with Gasteiger partial charge in [0.1, 0.15) is 0 Å². The summed E-state index contributed by atoms with van der Waals surface area (Å²) in [6, 6.07) is 6.95. The maximum absolute atomic E-state index is 12.2. The average Bonchev–Trinajstić information content (AvgIpc) is 2.65. The molecule has 19 heavy (non-hydrogen) atoms. The minimum absolute atomic E-state index is 0.0720. The van der Waals surface area contributed by atoms with Gasteiger partial charge in [-0.15, -0.1) is 0 Å². The molecule has 102 valence electrons. The molecule has 0 fully saturated rings. The third-order valence-electron chi connectivity index (χ3n) is 3.28. The molecule has 1 heterocycles. The lowest BCUT2D eigenvalue weighted by molar-refractivity contribution is 0.0256. The molecule has 0 aromatic heterocycles. The fourth-order valence-electron chi connectivity index (χ4n) is 2.39. The van der Waals surface area contributed by atoms with E-state index in [9.17, 15) is 9.59 Å². The van der Waals surface area contributed by atoms with Gasteiger partial charge in [-0.25, -0.2) is 0 Å². The number of rotatable bonds is 6. The summed E-state index contributed by atoms with van der Waals surface area (Å²) < 4.78 is 5.59. The highest BCUT2D eigenvalue weighted by molar-refractivity contribution is 6.21. The lowest BCUT2D eigenvalue weighted by Crippen LogP contribution is -2.38. The topological polar surface area (TPSA) is 46.6 Å². The van der Waals surface area contributed by atoms with Crippen LogP contribution in [0.5, 0.6) is 0 Å². The average molecular weight is 261 g/mol. The first-order chi connectivity index (χ1) is 9.19. The summed E-state index contributed by atoms with van der Waals surface area (Å²) in [7, 11) is 0. The van der Waals surface area contributed by atoms with Crippen LogP contribution in [0.15, 0.2) is 24.3 Å². The minimum atomic E-state index is -0.207. The number of carbonyl (C=O) groups excluding carboxylic acids is 2. The minimum Gasteiger partial charge on any atom is -0.377 e. The van der Waals surface area contributed by atoms with Crippen LogP contribution < -0.4 is 0 Å². The fraction of sp³-hybridized carbons (Fsp3) is 0.467. The van der Waals surface area contributed by atoms with E-state index < -0.39 is 0 Å². The van der Waals surface area contributed by atoms with Crippen LogP contribution in [0.2, 0.25) is 0 Å². The molecule has 1 aliphatic heterocycles. The van der Waals surface area contributed by atoms with Crippen molar-refractivity contribution in [3.05, 3.63) is 35.4 Å². The van der Waals surface area contributed by atoms with Crippen molar-refractivity contribution in [2.45, 2.75) is 32.8 Å². The highest BCUT2D eigenvalue weighted by Crippen LogP contribution is 2.23. The smallest absolute Gasteiger partial charge is 0.261 e. The van der Waals surface area contributed by atoms with Crippen LogP contribution >= 0.6 is 0 Å². The van der Waals surface area contributed by atoms with Gasteiger partial charge in [0.25, 0.3) is 11.8 Å². The van der Waals surface area contributed by atoms with E-state index in [1.807, 2.05) is 6.92 Å². The van der Waals surface area contributed by atoms with Crippen molar-refractivity contribution in [2.75, 3.05) is 13.2 Å². The van der Waals surface area contributed by atoms with Gasteiger partial charge in [-0.05, 0) is 25.5 Å². The largest absolute Gasteiger partial charge is 0.377 e. The fourth-order valence-corrected chi connectivity index (χ4v) is 2.39. The van der Waals surface area contributed by atoms with Gasteiger partial charge in [-0.2, -0.15) is 0 Å². The Kier molecular flexibility index (Phi) is 4.32. The third-order valence-corrected chi connectivity index (χ3v) is 3.28. The van der Waals surface area contributed by atoms with Gasteiger partial charge in [0.15, 0.2) is 0 Å². The van der Waals surface area contributed by atoms with E-state index in [1.54, 1.807) is 24.3 Å². The van der Waals surface area contributed by atoms with Crippen molar-refractivity contribution in [3.8, 4) is 0 Å². The van der Waals surface area contributed by atoms with E-state index in [0.29, 0.717) is 24.3 Å². The van der Waals surface area contributed by atoms with Crippen LogP contribution in [-0.4, -0.2) is 36.0 Å². The second kappa shape index (κ2) is 5.97. The predicted molar refractivity (Wildman–Crippen MR) is 72.1 cm³/mol. The number of fused-ring (bicyclic) bond motifs is 1. The number of ether oxygens (including phenoxy) is 1. The zero-order chi connectivity index (χ0) is 13.8. The van der Waals surface area contributed by atoms with E-state index in [-0.39, 0.29) is 17.9 Å². The summed E-state index contributed by atoms with van der Waals surface area (Å²) in [6.45, 7) is 4.92. The summed E-state index contributed by atoms with van der Waals surface area (Å²) in [6.07, 6.45) is 1.74. The molecular weight excluding hydrogens is 242 g/mol. The van der Waals surface area contributed by atoms with Crippen molar-refractivity contribution in [2.24, 2.45) is 0 Å². The zero-order valence-electron chi connectivity index (χ0n) is 11.4. The lowest BCUT2D eigenvalue weighted by atomic mass is 10.1. The molecule has 0 spiro atoms. The van der Waals surface area contributed by atoms with E-state index in [2.05, 4.69) is 6.92 Å². The number of nitrogens with zero attached hydrogens (tertiary/aromatic N) is 1. The van der Waals surface area contributed by atoms with Crippen molar-refractivity contribution in [1.82, 2.24) is 4.90 Å². The molecule has 0 radical (unpaired) electrons. The Balaban J connectivity index is 2.15. The summed E-state index contributed by atoms with van der Waals surface area (Å²) in [4.78, 5) is 25.7. The number of carbonyl (C=O) groups is 2. The van der Waals surface area contributed by atoms with E-state index in [4.69, 9.17) is 4.74 Å². The van der Waals surface area contributed by atoms with Crippen molar-refractivity contribution in [1.29, 1.82) is 0 Å². The first-order valence-electron chi connectivity index (χ1n) is 6.75. The molecule has 1 aromatic rings. The van der Waals surface area contributed by atoms with Crippen LogP contribution in [0.25, 0.3) is 0 Å². The predicted octanol–water partition coefficient (Wildman–Crippen LogP) is 2.49. The molecule has 0 N–H and O–H groups in total. The number of imide groups is 1. The maximum atomic E-state index is 12.2. The Bertz CT molecular complexity index is 443. The molecule has 1 unspecified atom stereocenters. The van der Waals surface area contributed by atoms with Crippen LogP contribution in [0, 0.1) is 0 Å². The molecule has 0 saturated heterocycles.